The van der Waals surface area contributed by atoms with E-state index in [4.69, 9.17) is 16.3 Å². The Morgan fingerprint density at radius 3 is 2.52 bits per heavy atom. The molecule has 0 spiro atoms. The van der Waals surface area contributed by atoms with Crippen LogP contribution in [0.25, 0.3) is 5.82 Å². The Morgan fingerprint density at radius 1 is 1.09 bits per heavy atom. The zero-order chi connectivity index (χ0) is 22.8. The molecule has 4 heterocycles. The highest BCUT2D eigenvalue weighted by atomic mass is 16.5. The zero-order valence-electron chi connectivity index (χ0n) is 18.6. The van der Waals surface area contributed by atoms with Gasteiger partial charge in [-0.2, -0.15) is 9.78 Å². The van der Waals surface area contributed by atoms with Crippen LogP contribution in [0.3, 0.4) is 0 Å². The van der Waals surface area contributed by atoms with Crippen molar-refractivity contribution in [2.45, 2.75) is 38.5 Å². The summed E-state index contributed by atoms with van der Waals surface area (Å²) >= 11 is 0. The average Bonchev–Trinajstić information content (AvgIpc) is 3.19. The lowest BCUT2D eigenvalue weighted by molar-refractivity contribution is -0.116. The van der Waals surface area contributed by atoms with Crippen molar-refractivity contribution in [1.82, 2.24) is 20.0 Å². The van der Waals surface area contributed by atoms with Gasteiger partial charge in [0.2, 0.25) is 5.91 Å². The molecule has 8 nitrogen and oxygen atoms in total. The number of carbonyl (C=O) groups excluding carboxylic acids is 1. The molecule has 0 aliphatic carbocycles. The number of ether oxygens (including phenoxy) is 1. The second-order valence-corrected chi connectivity index (χ2v) is 8.42. The predicted molar refractivity (Wildman–Crippen MR) is 126 cm³/mol. The average molecular weight is 443 g/mol. The first-order valence-corrected chi connectivity index (χ1v) is 11.3. The van der Waals surface area contributed by atoms with Gasteiger partial charge in [0, 0.05) is 31.0 Å². The molecule has 1 aromatic carbocycles. The van der Waals surface area contributed by atoms with Gasteiger partial charge >= 0.3 is 0 Å². The van der Waals surface area contributed by atoms with Crippen LogP contribution in [0.5, 0.6) is 5.75 Å². The van der Waals surface area contributed by atoms with Gasteiger partial charge in [-0.15, -0.1) is 16.6 Å². The van der Waals surface area contributed by atoms with Crippen molar-refractivity contribution in [2.75, 3.05) is 29.9 Å². The summed E-state index contributed by atoms with van der Waals surface area (Å²) in [6, 6.07) is 11.6. The molecule has 1 amide bonds. The van der Waals surface area contributed by atoms with E-state index < -0.39 is 0 Å². The monoisotopic (exact) mass is 442 g/mol. The SMILES string of the molecule is C#CCOc1ccc(C2CC(=O)Nc3c2c(C)nn3-c2ccc(N3CCCCC3)nn2)cc1. The van der Waals surface area contributed by atoms with E-state index in [9.17, 15) is 4.79 Å². The Morgan fingerprint density at radius 2 is 1.82 bits per heavy atom. The minimum atomic E-state index is -0.107. The standard InChI is InChI=1S/C25H26N6O2/c1-3-15-33-19-9-7-18(8-10-19)20-16-23(32)26-25-24(20)17(2)29-31(25)22-12-11-21(27-28-22)30-13-5-4-6-14-30/h1,7-12,20H,4-6,13-16H2,2H3,(H,26,32). The summed E-state index contributed by atoms with van der Waals surface area (Å²) in [5, 5.41) is 16.6. The normalized spacial score (nSPS) is 17.8. The predicted octanol–water partition coefficient (Wildman–Crippen LogP) is 3.45. The zero-order valence-corrected chi connectivity index (χ0v) is 18.6. The summed E-state index contributed by atoms with van der Waals surface area (Å²) in [4.78, 5) is 14.9. The van der Waals surface area contributed by atoms with E-state index in [0.29, 0.717) is 23.8 Å². The van der Waals surface area contributed by atoms with Gasteiger partial charge in [-0.25, -0.2) is 0 Å². The van der Waals surface area contributed by atoms with Gasteiger partial charge in [-0.1, -0.05) is 18.1 Å². The number of hydrogen-bond acceptors (Lipinski definition) is 6. The van der Waals surface area contributed by atoms with Crippen molar-refractivity contribution < 1.29 is 9.53 Å². The number of rotatable bonds is 5. The molecule has 2 aliphatic rings. The molecule has 8 heteroatoms. The Kier molecular flexibility index (Phi) is 5.69. The second-order valence-electron chi connectivity index (χ2n) is 8.42. The third-order valence-electron chi connectivity index (χ3n) is 6.24. The molecule has 1 fully saturated rings. The first-order chi connectivity index (χ1) is 16.1. The van der Waals surface area contributed by atoms with Crippen molar-refractivity contribution in [1.29, 1.82) is 0 Å². The molecule has 5 rings (SSSR count). The van der Waals surface area contributed by atoms with Crippen LogP contribution < -0.4 is 15.0 Å². The van der Waals surface area contributed by atoms with Gasteiger partial charge < -0.3 is 15.0 Å². The molecule has 1 saturated heterocycles. The van der Waals surface area contributed by atoms with Crippen LogP contribution in [0.15, 0.2) is 36.4 Å². The van der Waals surface area contributed by atoms with Crippen molar-refractivity contribution in [3.63, 3.8) is 0 Å². The lowest BCUT2D eigenvalue weighted by Crippen LogP contribution is -2.30. The molecule has 0 radical (unpaired) electrons. The van der Waals surface area contributed by atoms with E-state index in [1.165, 1.54) is 19.3 Å². The minimum Gasteiger partial charge on any atom is -0.481 e. The largest absolute Gasteiger partial charge is 0.481 e. The molecule has 1 unspecified atom stereocenters. The smallest absolute Gasteiger partial charge is 0.226 e. The lowest BCUT2D eigenvalue weighted by Gasteiger charge is -2.27. The van der Waals surface area contributed by atoms with Gasteiger partial charge in [0.1, 0.15) is 18.2 Å². The maximum Gasteiger partial charge on any atom is 0.226 e. The molecular weight excluding hydrogens is 416 g/mol. The third kappa shape index (κ3) is 4.14. The van der Waals surface area contributed by atoms with E-state index in [0.717, 1.165) is 35.7 Å². The summed E-state index contributed by atoms with van der Waals surface area (Å²) in [7, 11) is 0. The Hall–Kier alpha value is -3.86. The molecule has 2 aromatic heterocycles. The summed E-state index contributed by atoms with van der Waals surface area (Å²) in [5.74, 6) is 5.12. The number of nitrogens with one attached hydrogen (secondary N) is 1. The van der Waals surface area contributed by atoms with E-state index in [2.05, 4.69) is 26.3 Å². The van der Waals surface area contributed by atoms with Crippen LogP contribution in [0.2, 0.25) is 0 Å². The molecule has 168 valence electrons. The minimum absolute atomic E-state index is 0.0563. The number of hydrogen-bond donors (Lipinski definition) is 1. The lowest BCUT2D eigenvalue weighted by atomic mass is 9.86. The number of amides is 1. The molecule has 2 aliphatic heterocycles. The summed E-state index contributed by atoms with van der Waals surface area (Å²) in [6.07, 6.45) is 9.24. The fourth-order valence-corrected chi connectivity index (χ4v) is 4.64. The molecule has 3 aromatic rings. The molecule has 33 heavy (non-hydrogen) atoms. The van der Waals surface area contributed by atoms with Crippen LogP contribution in [0.1, 0.15) is 48.4 Å². The van der Waals surface area contributed by atoms with Crippen LogP contribution >= 0.6 is 0 Å². The van der Waals surface area contributed by atoms with E-state index in [1.54, 1.807) is 4.68 Å². The van der Waals surface area contributed by atoms with Crippen LogP contribution in [0, 0.1) is 19.3 Å². The number of benzene rings is 1. The van der Waals surface area contributed by atoms with E-state index in [-0.39, 0.29) is 18.4 Å². The van der Waals surface area contributed by atoms with Gasteiger partial charge in [0.15, 0.2) is 11.6 Å². The van der Waals surface area contributed by atoms with E-state index in [1.807, 2.05) is 43.3 Å². The number of aromatic nitrogens is 4. The number of aryl methyl sites for hydroxylation is 1. The highest BCUT2D eigenvalue weighted by Crippen LogP contribution is 2.40. The fourth-order valence-electron chi connectivity index (χ4n) is 4.64. The molecular formula is C25H26N6O2. The highest BCUT2D eigenvalue weighted by Gasteiger charge is 2.33. The quantitative estimate of drug-likeness (QED) is 0.610. The molecule has 1 atom stereocenters. The summed E-state index contributed by atoms with van der Waals surface area (Å²) in [6.45, 7) is 4.20. The van der Waals surface area contributed by atoms with Gasteiger partial charge in [-0.05, 0) is 56.0 Å². The van der Waals surface area contributed by atoms with Gasteiger partial charge in [-0.3, -0.25) is 4.79 Å². The number of nitrogens with zero attached hydrogens (tertiary/aromatic N) is 5. The second kappa shape index (κ2) is 8.94. The number of piperidine rings is 1. The Balaban J connectivity index is 1.45. The Bertz CT molecular complexity index is 1190. The third-order valence-corrected chi connectivity index (χ3v) is 6.24. The first kappa shape index (κ1) is 21.0. The number of anilines is 2. The molecule has 1 N–H and O–H groups in total. The molecule has 0 saturated carbocycles. The van der Waals surface area contributed by atoms with Gasteiger partial charge in [0.05, 0.1) is 5.69 Å². The fraction of sp³-hybridized carbons (Fsp3) is 0.360. The number of fused-ring (bicyclic) bond motifs is 1. The van der Waals surface area contributed by atoms with Crippen molar-refractivity contribution in [2.24, 2.45) is 0 Å². The van der Waals surface area contributed by atoms with Crippen LogP contribution in [0.4, 0.5) is 11.6 Å². The van der Waals surface area contributed by atoms with Crippen molar-refractivity contribution in [3.05, 3.63) is 53.2 Å². The molecule has 0 bridgehead atoms. The Labute approximate surface area is 193 Å². The maximum absolute atomic E-state index is 12.6. The van der Waals surface area contributed by atoms with E-state index >= 15 is 0 Å². The first-order valence-electron chi connectivity index (χ1n) is 11.3. The number of carbonyl (C=O) groups is 1. The topological polar surface area (TPSA) is 85.2 Å². The van der Waals surface area contributed by atoms with Crippen molar-refractivity contribution in [3.8, 4) is 23.9 Å². The highest BCUT2D eigenvalue weighted by molar-refractivity contribution is 5.95. The van der Waals surface area contributed by atoms with Crippen LogP contribution in [-0.2, 0) is 4.79 Å². The van der Waals surface area contributed by atoms with Gasteiger partial charge in [0.25, 0.3) is 0 Å². The number of terminal acetylenes is 1. The van der Waals surface area contributed by atoms with Crippen LogP contribution in [-0.4, -0.2) is 45.6 Å². The summed E-state index contributed by atoms with van der Waals surface area (Å²) in [5.41, 5.74) is 2.87. The maximum atomic E-state index is 12.6. The summed E-state index contributed by atoms with van der Waals surface area (Å²) < 4.78 is 7.16. The van der Waals surface area contributed by atoms with Crippen molar-refractivity contribution >= 4 is 17.5 Å².